The number of nitrogens with zero attached hydrogens (tertiary/aromatic N) is 1. The molecule has 0 radical (unpaired) electrons. The van der Waals surface area contributed by atoms with Crippen molar-refractivity contribution in [3.63, 3.8) is 0 Å². The maximum absolute atomic E-state index is 10.3. The molecule has 394 valence electrons. The molecule has 0 spiro atoms. The molecule has 34 nitrogen and oxygen atoms in total. The first kappa shape index (κ1) is 72.4. The van der Waals surface area contributed by atoms with Gasteiger partial charge in [-0.2, -0.15) is 0 Å². The molecule has 1 aromatic rings. The molecule has 31 N–H and O–H groups in total. The number of aliphatic carboxylic acids is 10. The van der Waals surface area contributed by atoms with Crippen LogP contribution in [0.5, 0.6) is 0 Å². The Morgan fingerprint density at radius 3 is 1.38 bits per heavy atom. The zero-order valence-corrected chi connectivity index (χ0v) is 36.7. The lowest BCUT2D eigenvalue weighted by Crippen LogP contribution is -2.34. The van der Waals surface area contributed by atoms with E-state index in [2.05, 4.69) is 26.3 Å². The summed E-state index contributed by atoms with van der Waals surface area (Å²) in [7, 11) is 0. The topological polar surface area (TPSA) is 678 Å². The number of carboxylic acids is 10. The van der Waals surface area contributed by atoms with Crippen molar-refractivity contribution >= 4 is 65.7 Å². The van der Waals surface area contributed by atoms with Gasteiger partial charge in [0.25, 0.3) is 0 Å². The van der Waals surface area contributed by atoms with Gasteiger partial charge in [-0.05, 0) is 45.6 Å². The lowest BCUT2D eigenvalue weighted by molar-refractivity contribution is -0.144. The number of rotatable bonds is 20. The van der Waals surface area contributed by atoms with Crippen molar-refractivity contribution < 1.29 is 104 Å². The van der Waals surface area contributed by atoms with E-state index in [0.717, 1.165) is 19.4 Å². The van der Waals surface area contributed by atoms with E-state index in [1.165, 1.54) is 13.3 Å². The predicted molar refractivity (Wildman–Crippen MR) is 232 cm³/mol. The number of guanidine groups is 1. The number of H-pyrrole nitrogens is 1. The SMILES string of the molecule is CC(N)C(=O)O.N=C(N)NCCCC(N)C(=O)O.NC(CC(=O)O)C(=O)O.NC(CCC(=O)O)C(=O)O.NC(CO)C(=O)O.NC(Cc1c[nH]cn1)C(=O)O.NCC(=O)O.O=C(O)[C@@H]1CCCN1. The molecular formula is C34H67N13O21. The van der Waals surface area contributed by atoms with Crippen LogP contribution >= 0.6 is 0 Å². The summed E-state index contributed by atoms with van der Waals surface area (Å²) in [6, 6.07) is -6.16. The lowest BCUT2D eigenvalue weighted by Gasteiger charge is -2.06. The fraction of sp³-hybridized carbons (Fsp3) is 0.588. The van der Waals surface area contributed by atoms with Crippen molar-refractivity contribution in [3.8, 4) is 0 Å². The molecule has 1 aliphatic heterocycles. The molecular weight excluding hydrogens is 926 g/mol. The Kier molecular flexibility index (Phi) is 47.9. The molecule has 1 aliphatic rings. The third-order valence-electron chi connectivity index (χ3n) is 6.76. The molecule has 1 fully saturated rings. The number of nitrogens with one attached hydrogen (secondary N) is 4. The van der Waals surface area contributed by atoms with Crippen molar-refractivity contribution in [1.29, 1.82) is 5.41 Å². The Labute approximate surface area is 386 Å². The number of aromatic amines is 1. The monoisotopic (exact) mass is 993 g/mol. The molecule has 2 heterocycles. The highest BCUT2D eigenvalue weighted by atomic mass is 16.4. The largest absolute Gasteiger partial charge is 0.481 e. The molecule has 7 atom stereocenters. The third-order valence-corrected chi connectivity index (χ3v) is 6.76. The van der Waals surface area contributed by atoms with Crippen LogP contribution in [-0.2, 0) is 54.4 Å². The van der Waals surface area contributed by atoms with Gasteiger partial charge < -0.3 is 118 Å². The molecule has 1 aromatic heterocycles. The van der Waals surface area contributed by atoms with Crippen molar-refractivity contribution in [2.24, 2.45) is 45.9 Å². The summed E-state index contributed by atoms with van der Waals surface area (Å²) in [5.74, 6) is -10.6. The van der Waals surface area contributed by atoms with Gasteiger partial charge in [0.2, 0.25) is 0 Å². The van der Waals surface area contributed by atoms with E-state index in [4.69, 9.17) is 102 Å². The number of hydrogen-bond acceptors (Lipinski definition) is 21. The lowest BCUT2D eigenvalue weighted by atomic mass is 10.2. The van der Waals surface area contributed by atoms with Gasteiger partial charge in [-0.15, -0.1) is 0 Å². The average molecular weight is 994 g/mol. The van der Waals surface area contributed by atoms with Gasteiger partial charge in [0.1, 0.15) is 42.3 Å². The van der Waals surface area contributed by atoms with Crippen LogP contribution in [0.4, 0.5) is 0 Å². The highest BCUT2D eigenvalue weighted by Gasteiger charge is 2.20. The number of aromatic nitrogens is 2. The van der Waals surface area contributed by atoms with Crippen molar-refractivity contribution in [2.75, 3.05) is 26.2 Å². The second kappa shape index (κ2) is 45.0. The highest BCUT2D eigenvalue weighted by molar-refractivity contribution is 5.80. The van der Waals surface area contributed by atoms with E-state index >= 15 is 0 Å². The van der Waals surface area contributed by atoms with Gasteiger partial charge in [-0.1, -0.05) is 0 Å². The zero-order chi connectivity index (χ0) is 54.7. The van der Waals surface area contributed by atoms with Crippen LogP contribution in [0.15, 0.2) is 12.5 Å². The first-order chi connectivity index (χ1) is 31.2. The first-order valence-electron chi connectivity index (χ1n) is 19.1. The minimum absolute atomic E-state index is 0.0231. The van der Waals surface area contributed by atoms with E-state index in [9.17, 15) is 47.9 Å². The van der Waals surface area contributed by atoms with E-state index in [1.54, 1.807) is 6.20 Å². The zero-order valence-electron chi connectivity index (χ0n) is 36.7. The van der Waals surface area contributed by atoms with E-state index in [0.29, 0.717) is 25.1 Å². The summed E-state index contributed by atoms with van der Waals surface area (Å²) in [6.45, 7) is 1.98. The van der Waals surface area contributed by atoms with E-state index in [-0.39, 0.29) is 37.8 Å². The predicted octanol–water partition coefficient (Wildman–Crippen LogP) is -7.18. The van der Waals surface area contributed by atoms with Gasteiger partial charge in [0, 0.05) is 25.6 Å². The van der Waals surface area contributed by atoms with Crippen molar-refractivity contribution in [2.45, 2.75) is 101 Å². The number of hydrogen-bond donors (Lipinski definition) is 23. The molecule has 68 heavy (non-hydrogen) atoms. The highest BCUT2D eigenvalue weighted by Crippen LogP contribution is 2.03. The molecule has 34 heteroatoms. The van der Waals surface area contributed by atoms with Crippen LogP contribution in [0.2, 0.25) is 0 Å². The first-order valence-corrected chi connectivity index (χ1v) is 19.1. The van der Waals surface area contributed by atoms with E-state index in [1.807, 2.05) is 0 Å². The molecule has 2 rings (SSSR count). The van der Waals surface area contributed by atoms with Crippen LogP contribution in [-0.4, -0.2) is 200 Å². The van der Waals surface area contributed by atoms with Crippen LogP contribution in [0.1, 0.15) is 57.6 Å². The van der Waals surface area contributed by atoms with E-state index < -0.39 is 109 Å². The quantitative estimate of drug-likeness (QED) is 0.0328. The number of aliphatic hydroxyl groups is 1. The van der Waals surface area contributed by atoms with Crippen molar-refractivity contribution in [1.82, 2.24) is 20.6 Å². The molecule has 0 aliphatic carbocycles. The maximum atomic E-state index is 10.3. The number of nitrogens with two attached hydrogens (primary N) is 8. The van der Waals surface area contributed by atoms with Gasteiger partial charge in [0.05, 0.1) is 31.6 Å². The Hall–Kier alpha value is -7.18. The summed E-state index contributed by atoms with van der Waals surface area (Å²) >= 11 is 0. The van der Waals surface area contributed by atoms with Crippen molar-refractivity contribution in [3.05, 3.63) is 18.2 Å². The van der Waals surface area contributed by atoms with Crippen LogP contribution < -0.4 is 56.5 Å². The summed E-state index contributed by atoms with van der Waals surface area (Å²) in [6.07, 6.45) is 5.38. The Bertz CT molecular complexity index is 1630. The fourth-order valence-corrected chi connectivity index (χ4v) is 3.03. The van der Waals surface area contributed by atoms with Gasteiger partial charge in [0.15, 0.2) is 5.96 Å². The summed E-state index contributed by atoms with van der Waals surface area (Å²) in [5, 5.41) is 101. The standard InChI is InChI=1S/C6H14N4O2.C6H9N3O2.C5H9NO4.C5H9NO2.C4H7NO4.C3H7NO3.C3H7NO2.C2H5NO2/c7-4(5(11)12)2-1-3-10-6(8)9;7-5(6(10)11)1-4-2-8-3-9-4;6-3(5(9)10)1-2-4(7)8;7-5(8)4-2-1-3-6-4;5-2(4(8)9)1-3(6)7;4-2(1-5)3(6)7;1-2(4)3(5)6;3-1-2(4)5/h4H,1-3,7H2,(H,11,12)(H4,8,9,10);2-3,5H,1,7H2,(H,8,9)(H,10,11);3H,1-2,6H2,(H,7,8)(H,9,10);4,6H,1-3H2,(H,7,8);2H,1,5H2,(H,6,7)(H,8,9);2,5H,1,4H2,(H,6,7);2H,4H2,1H3,(H,5,6);1,3H2,(H,4,5)/t;;;4-;;;;/m...0..../s1. The minimum Gasteiger partial charge on any atom is -0.481 e. The third kappa shape index (κ3) is 56.8. The summed E-state index contributed by atoms with van der Waals surface area (Å²) in [5.41, 5.74) is 40.1. The van der Waals surface area contributed by atoms with Crippen LogP contribution in [0.25, 0.3) is 0 Å². The second-order valence-corrected chi connectivity index (χ2v) is 12.9. The van der Waals surface area contributed by atoms with Gasteiger partial charge >= 0.3 is 59.7 Å². The maximum Gasteiger partial charge on any atom is 0.322 e. The number of carbonyl (C=O) groups is 10. The van der Waals surface area contributed by atoms with Crippen LogP contribution in [0, 0.1) is 5.41 Å². The smallest absolute Gasteiger partial charge is 0.322 e. The molecule has 0 saturated carbocycles. The number of aliphatic hydroxyl groups excluding tert-OH is 1. The average Bonchev–Trinajstić information content (AvgIpc) is 3.98. The fourth-order valence-electron chi connectivity index (χ4n) is 3.03. The Balaban J connectivity index is -0.000000164. The Morgan fingerprint density at radius 1 is 0.706 bits per heavy atom. The second-order valence-electron chi connectivity index (χ2n) is 12.9. The normalized spacial score (nSPS) is 14.2. The van der Waals surface area contributed by atoms with Crippen LogP contribution in [0.3, 0.4) is 0 Å². The number of imidazole rings is 1. The molecule has 0 amide bonds. The summed E-state index contributed by atoms with van der Waals surface area (Å²) in [4.78, 5) is 105. The summed E-state index contributed by atoms with van der Waals surface area (Å²) < 4.78 is 0. The van der Waals surface area contributed by atoms with Gasteiger partial charge in [-0.25, -0.2) is 4.98 Å². The minimum atomic E-state index is -1.29. The molecule has 6 unspecified atom stereocenters. The Morgan fingerprint density at radius 2 is 1.15 bits per heavy atom. The number of carboxylic acid groups (broad SMARTS) is 10. The molecule has 0 bridgehead atoms. The molecule has 1 saturated heterocycles. The molecule has 0 aromatic carbocycles. The van der Waals surface area contributed by atoms with Gasteiger partial charge in [-0.3, -0.25) is 53.4 Å².